The lowest BCUT2D eigenvalue weighted by molar-refractivity contribution is -0.160. The number of thiophene rings is 1. The van der Waals surface area contributed by atoms with Crippen LogP contribution in [0.15, 0.2) is 60.0 Å². The Hall–Kier alpha value is -4.43. The van der Waals surface area contributed by atoms with Crippen LogP contribution in [-0.4, -0.2) is 60.3 Å². The number of carbonyl (C=O) groups is 3. The van der Waals surface area contributed by atoms with Crippen LogP contribution in [0.4, 0.5) is 13.2 Å². The Labute approximate surface area is 243 Å². The molecule has 4 rings (SSSR count). The average Bonchev–Trinajstić information content (AvgIpc) is 3.61. The highest BCUT2D eigenvalue weighted by molar-refractivity contribution is 7.10. The van der Waals surface area contributed by atoms with Gasteiger partial charge < -0.3 is 30.7 Å². The van der Waals surface area contributed by atoms with E-state index in [0.717, 1.165) is 4.90 Å². The molecule has 1 unspecified atom stereocenters. The fourth-order valence-corrected chi connectivity index (χ4v) is 5.26. The zero-order chi connectivity index (χ0) is 30.4. The molecule has 3 aromatic rings. The van der Waals surface area contributed by atoms with E-state index in [1.54, 1.807) is 18.4 Å². The van der Waals surface area contributed by atoms with Crippen LogP contribution >= 0.6 is 11.3 Å². The van der Waals surface area contributed by atoms with Gasteiger partial charge in [-0.1, -0.05) is 0 Å². The third-order valence-electron chi connectivity index (χ3n) is 6.46. The van der Waals surface area contributed by atoms with E-state index in [2.05, 4.69) is 15.4 Å². The molecule has 10 nitrogen and oxygen atoms in total. The molecule has 1 fully saturated rings. The van der Waals surface area contributed by atoms with Crippen molar-refractivity contribution in [1.29, 1.82) is 5.41 Å². The number of likely N-dealkylation sites (tertiary alicyclic amines) is 1. The zero-order valence-electron chi connectivity index (χ0n) is 22.3. The molecule has 1 aliphatic heterocycles. The molecule has 14 heteroatoms. The first-order chi connectivity index (χ1) is 20.0. The highest BCUT2D eigenvalue weighted by Crippen LogP contribution is 2.26. The Morgan fingerprint density at radius 1 is 1.10 bits per heavy atom. The van der Waals surface area contributed by atoms with Gasteiger partial charge in [0.15, 0.2) is 0 Å². The summed E-state index contributed by atoms with van der Waals surface area (Å²) in [7, 11) is 0. The van der Waals surface area contributed by atoms with Gasteiger partial charge in [0.05, 0.1) is 18.7 Å². The SMILES string of the molecule is CC(NC(=O)[C@@H]1C[C@@H](OC(F)F)CN1C(=O)CNC(=O)c1ccc(Oc2ccc(F)cc2)cc1)c1cc(C(=N)N)cs1. The van der Waals surface area contributed by atoms with Crippen molar-refractivity contribution in [1.82, 2.24) is 15.5 Å². The minimum absolute atomic E-state index is 0.119. The summed E-state index contributed by atoms with van der Waals surface area (Å²) in [6.45, 7) is -2.12. The van der Waals surface area contributed by atoms with E-state index in [9.17, 15) is 27.6 Å². The number of ether oxygens (including phenoxy) is 2. The van der Waals surface area contributed by atoms with Crippen molar-refractivity contribution in [3.05, 3.63) is 81.8 Å². The summed E-state index contributed by atoms with van der Waals surface area (Å²) in [4.78, 5) is 40.7. The second-order valence-corrected chi connectivity index (χ2v) is 10.4. The number of carbonyl (C=O) groups excluding carboxylic acids is 3. The van der Waals surface area contributed by atoms with Crippen LogP contribution in [0, 0.1) is 11.2 Å². The van der Waals surface area contributed by atoms with E-state index >= 15 is 0 Å². The normalized spacial score (nSPS) is 17.1. The first-order valence-electron chi connectivity index (χ1n) is 12.8. The van der Waals surface area contributed by atoms with Gasteiger partial charge in [0.25, 0.3) is 5.91 Å². The standard InChI is InChI=1S/C28H28F3N5O5S/c1-15(23-10-17(14-42-23)25(32)33)35-27(39)22-11-21(41-28(30)31)13-36(22)24(37)12-34-26(38)16-2-6-19(7-3-16)40-20-8-4-18(29)5-9-20/h2-10,14-15,21-22,28H,11-13H2,1H3,(H3,32,33)(H,34,38)(H,35,39)/t15?,21-,22+/m1/s1. The average molecular weight is 604 g/mol. The molecule has 3 atom stereocenters. The van der Waals surface area contributed by atoms with E-state index in [0.29, 0.717) is 21.9 Å². The van der Waals surface area contributed by atoms with Crippen molar-refractivity contribution in [3.63, 3.8) is 0 Å². The van der Waals surface area contributed by atoms with Gasteiger partial charge in [0, 0.05) is 34.3 Å². The maximum absolute atomic E-state index is 13.1. The number of benzene rings is 2. The van der Waals surface area contributed by atoms with Gasteiger partial charge in [-0.25, -0.2) is 4.39 Å². The van der Waals surface area contributed by atoms with Gasteiger partial charge in [-0.2, -0.15) is 8.78 Å². The van der Waals surface area contributed by atoms with Gasteiger partial charge in [0.1, 0.15) is 29.2 Å². The quantitative estimate of drug-likeness (QED) is 0.194. The first kappa shape index (κ1) is 30.5. The maximum Gasteiger partial charge on any atom is 0.345 e. The smallest absolute Gasteiger partial charge is 0.345 e. The van der Waals surface area contributed by atoms with Crippen molar-refractivity contribution in [3.8, 4) is 11.5 Å². The van der Waals surface area contributed by atoms with Gasteiger partial charge in [-0.05, 0) is 61.5 Å². The molecular formula is C28H28F3N5O5S. The highest BCUT2D eigenvalue weighted by atomic mass is 32.1. The van der Waals surface area contributed by atoms with Crippen molar-refractivity contribution in [2.45, 2.75) is 38.1 Å². The van der Waals surface area contributed by atoms with Crippen molar-refractivity contribution < 1.29 is 37.0 Å². The Bertz CT molecular complexity index is 1430. The molecule has 0 radical (unpaired) electrons. The molecule has 42 heavy (non-hydrogen) atoms. The van der Waals surface area contributed by atoms with E-state index in [1.165, 1.54) is 59.9 Å². The molecule has 222 valence electrons. The van der Waals surface area contributed by atoms with Crippen LogP contribution in [0.1, 0.15) is 40.2 Å². The minimum atomic E-state index is -3.08. The van der Waals surface area contributed by atoms with Crippen molar-refractivity contribution >= 4 is 34.9 Å². The highest BCUT2D eigenvalue weighted by Gasteiger charge is 2.41. The number of rotatable bonds is 11. The number of nitrogen functional groups attached to an aromatic ring is 1. The molecule has 2 heterocycles. The largest absolute Gasteiger partial charge is 0.457 e. The second-order valence-electron chi connectivity index (χ2n) is 9.46. The summed E-state index contributed by atoms with van der Waals surface area (Å²) >= 11 is 1.29. The number of nitrogens with two attached hydrogens (primary N) is 1. The predicted octanol–water partition coefficient (Wildman–Crippen LogP) is 3.78. The number of nitrogens with one attached hydrogen (secondary N) is 3. The monoisotopic (exact) mass is 603 g/mol. The Kier molecular flexibility index (Phi) is 9.80. The van der Waals surface area contributed by atoms with Gasteiger partial charge >= 0.3 is 6.61 Å². The number of hydrogen-bond donors (Lipinski definition) is 4. The summed E-state index contributed by atoms with van der Waals surface area (Å²) in [6.07, 6.45) is -1.23. The van der Waals surface area contributed by atoms with Crippen LogP contribution in [-0.2, 0) is 14.3 Å². The lowest BCUT2D eigenvalue weighted by atomic mass is 10.1. The molecule has 1 aromatic heterocycles. The lowest BCUT2D eigenvalue weighted by Crippen LogP contribution is -2.49. The van der Waals surface area contributed by atoms with E-state index in [1.807, 2.05) is 0 Å². The number of amidine groups is 1. The van der Waals surface area contributed by atoms with Crippen molar-refractivity contribution in [2.24, 2.45) is 5.73 Å². The van der Waals surface area contributed by atoms with E-state index < -0.39 is 54.9 Å². The number of hydrogen-bond acceptors (Lipinski definition) is 7. The molecule has 3 amide bonds. The molecule has 1 aliphatic rings. The van der Waals surface area contributed by atoms with Crippen LogP contribution in [0.25, 0.3) is 0 Å². The minimum Gasteiger partial charge on any atom is -0.457 e. The number of alkyl halides is 2. The van der Waals surface area contributed by atoms with E-state index in [4.69, 9.17) is 15.9 Å². The Morgan fingerprint density at radius 3 is 2.33 bits per heavy atom. The number of halogens is 3. The van der Waals surface area contributed by atoms with Crippen LogP contribution in [0.2, 0.25) is 0 Å². The van der Waals surface area contributed by atoms with Gasteiger partial charge in [-0.15, -0.1) is 11.3 Å². The summed E-state index contributed by atoms with van der Waals surface area (Å²) in [5.41, 5.74) is 6.22. The van der Waals surface area contributed by atoms with Crippen molar-refractivity contribution in [2.75, 3.05) is 13.1 Å². The molecule has 0 aliphatic carbocycles. The first-order valence-corrected chi connectivity index (χ1v) is 13.7. The molecule has 1 saturated heterocycles. The third kappa shape index (κ3) is 7.85. The Balaban J connectivity index is 1.36. The second kappa shape index (κ2) is 13.5. The predicted molar refractivity (Wildman–Crippen MR) is 148 cm³/mol. The summed E-state index contributed by atoms with van der Waals surface area (Å²) in [5.74, 6) is -1.52. The van der Waals surface area contributed by atoms with Gasteiger partial charge in [0.2, 0.25) is 11.8 Å². The van der Waals surface area contributed by atoms with Gasteiger partial charge in [-0.3, -0.25) is 19.8 Å². The summed E-state index contributed by atoms with van der Waals surface area (Å²) in [6, 6.07) is 11.5. The summed E-state index contributed by atoms with van der Waals surface area (Å²) < 4.78 is 49.1. The molecular weight excluding hydrogens is 575 g/mol. The van der Waals surface area contributed by atoms with Crippen LogP contribution in [0.3, 0.4) is 0 Å². The zero-order valence-corrected chi connectivity index (χ0v) is 23.1. The topological polar surface area (TPSA) is 147 Å². The fourth-order valence-electron chi connectivity index (χ4n) is 4.34. The lowest BCUT2D eigenvalue weighted by Gasteiger charge is -2.25. The number of nitrogens with zero attached hydrogens (tertiary/aromatic N) is 1. The fraction of sp³-hybridized carbons (Fsp3) is 0.286. The third-order valence-corrected chi connectivity index (χ3v) is 7.58. The maximum atomic E-state index is 13.1. The van der Waals surface area contributed by atoms with Crippen LogP contribution < -0.4 is 21.1 Å². The molecule has 0 spiro atoms. The molecule has 0 bridgehead atoms. The molecule has 0 saturated carbocycles. The molecule has 2 aromatic carbocycles. The number of amides is 3. The Morgan fingerprint density at radius 2 is 1.74 bits per heavy atom. The molecule has 5 N–H and O–H groups in total. The van der Waals surface area contributed by atoms with E-state index in [-0.39, 0.29) is 24.4 Å². The summed E-state index contributed by atoms with van der Waals surface area (Å²) in [5, 5.41) is 14.5. The van der Waals surface area contributed by atoms with Crippen LogP contribution in [0.5, 0.6) is 11.5 Å².